The fourth-order valence-corrected chi connectivity index (χ4v) is 2.45. The lowest BCUT2D eigenvalue weighted by molar-refractivity contribution is -0.0175. The lowest BCUT2D eigenvalue weighted by Gasteiger charge is -2.21. The quantitative estimate of drug-likeness (QED) is 0.866. The minimum absolute atomic E-state index is 0.233. The molecule has 0 aliphatic carbocycles. The molecule has 6 heteroatoms. The van der Waals surface area contributed by atoms with Crippen molar-refractivity contribution in [3.63, 3.8) is 0 Å². The average molecular weight is 326 g/mol. The Kier molecular flexibility index (Phi) is 4.10. The summed E-state index contributed by atoms with van der Waals surface area (Å²) in [6.45, 7) is 1.04. The predicted molar refractivity (Wildman–Crippen MR) is 81.9 cm³/mol. The Hall–Kier alpha value is -1.62. The van der Waals surface area contributed by atoms with Crippen molar-refractivity contribution >= 4 is 28.9 Å². The summed E-state index contributed by atoms with van der Waals surface area (Å²) in [4.78, 5) is 0. The number of rotatable bonds is 3. The fourth-order valence-electron chi connectivity index (χ4n) is 2.16. The highest BCUT2D eigenvalue weighted by molar-refractivity contribution is 6.42. The molecule has 4 nitrogen and oxygen atoms in total. The Morgan fingerprint density at radius 3 is 2.81 bits per heavy atom. The molecule has 3 rings (SSSR count). The number of benzene rings is 2. The van der Waals surface area contributed by atoms with Crippen LogP contribution in [0.5, 0.6) is 11.5 Å². The molecule has 0 saturated heterocycles. The fraction of sp³-hybridized carbons (Fsp3) is 0.200. The van der Waals surface area contributed by atoms with E-state index in [1.54, 1.807) is 18.2 Å². The number of hydrogen-bond donors (Lipinski definition) is 1. The van der Waals surface area contributed by atoms with E-state index in [2.05, 4.69) is 0 Å². The van der Waals surface area contributed by atoms with Crippen molar-refractivity contribution in [2.45, 2.75) is 13.2 Å². The van der Waals surface area contributed by atoms with Crippen molar-refractivity contribution < 1.29 is 14.2 Å². The predicted octanol–water partition coefficient (Wildman–Crippen LogP) is 4.02. The molecule has 1 heterocycles. The minimum Gasteiger partial charge on any atom is -0.489 e. The molecule has 0 radical (unpaired) electrons. The summed E-state index contributed by atoms with van der Waals surface area (Å²) in [6.07, 6.45) is 0. The summed E-state index contributed by atoms with van der Waals surface area (Å²) in [6, 6.07) is 8.81. The summed E-state index contributed by atoms with van der Waals surface area (Å²) in [5, 5.41) is 0.944. The molecule has 0 atom stereocenters. The van der Waals surface area contributed by atoms with Crippen LogP contribution in [0.3, 0.4) is 0 Å². The van der Waals surface area contributed by atoms with Gasteiger partial charge in [-0.05, 0) is 24.3 Å². The van der Waals surface area contributed by atoms with Crippen LogP contribution in [0, 0.1) is 0 Å². The van der Waals surface area contributed by atoms with Crippen molar-refractivity contribution in [1.82, 2.24) is 0 Å². The van der Waals surface area contributed by atoms with Gasteiger partial charge in [0.2, 0.25) is 0 Å². The number of nitrogens with two attached hydrogens (primary N) is 1. The lowest BCUT2D eigenvalue weighted by Crippen LogP contribution is -2.14. The summed E-state index contributed by atoms with van der Waals surface area (Å²) < 4.78 is 16.5. The van der Waals surface area contributed by atoms with E-state index < -0.39 is 0 Å². The van der Waals surface area contributed by atoms with Gasteiger partial charge in [-0.1, -0.05) is 23.2 Å². The van der Waals surface area contributed by atoms with E-state index >= 15 is 0 Å². The standard InChI is InChI=1S/C15H13Cl2NO3/c16-13-2-1-12(5-14(13)17)20-7-10-4-11(18)3-9-6-19-8-21-15(9)10/h1-5H,6-8,18H2. The number of ether oxygens (including phenoxy) is 3. The molecule has 21 heavy (non-hydrogen) atoms. The first kappa shape index (κ1) is 14.3. The zero-order valence-electron chi connectivity index (χ0n) is 11.1. The van der Waals surface area contributed by atoms with E-state index in [-0.39, 0.29) is 6.79 Å². The molecular weight excluding hydrogens is 313 g/mol. The maximum Gasteiger partial charge on any atom is 0.189 e. The summed E-state index contributed by atoms with van der Waals surface area (Å²) in [5.41, 5.74) is 8.34. The van der Waals surface area contributed by atoms with Crippen LogP contribution in [-0.2, 0) is 18.0 Å². The van der Waals surface area contributed by atoms with Gasteiger partial charge in [0.25, 0.3) is 0 Å². The van der Waals surface area contributed by atoms with E-state index in [0.717, 1.165) is 16.9 Å². The van der Waals surface area contributed by atoms with E-state index in [1.165, 1.54) is 0 Å². The van der Waals surface area contributed by atoms with Gasteiger partial charge in [0.1, 0.15) is 18.1 Å². The second-order valence-electron chi connectivity index (χ2n) is 4.64. The van der Waals surface area contributed by atoms with Crippen molar-refractivity contribution in [3.05, 3.63) is 51.5 Å². The molecule has 1 aliphatic heterocycles. The van der Waals surface area contributed by atoms with E-state index in [1.807, 2.05) is 12.1 Å². The molecule has 2 aromatic carbocycles. The molecule has 0 unspecified atom stereocenters. The van der Waals surface area contributed by atoms with Gasteiger partial charge >= 0.3 is 0 Å². The van der Waals surface area contributed by atoms with Crippen LogP contribution in [0.15, 0.2) is 30.3 Å². The largest absolute Gasteiger partial charge is 0.489 e. The number of fused-ring (bicyclic) bond motifs is 1. The molecule has 0 saturated carbocycles. The van der Waals surface area contributed by atoms with Crippen molar-refractivity contribution in [1.29, 1.82) is 0 Å². The Bertz CT molecular complexity index is 676. The van der Waals surface area contributed by atoms with E-state index in [4.69, 9.17) is 43.1 Å². The minimum atomic E-state index is 0.233. The Balaban J connectivity index is 1.81. The topological polar surface area (TPSA) is 53.7 Å². The third-order valence-corrected chi connectivity index (χ3v) is 3.83. The Labute approximate surface area is 132 Å². The van der Waals surface area contributed by atoms with E-state index in [9.17, 15) is 0 Å². The molecule has 110 valence electrons. The first-order valence-electron chi connectivity index (χ1n) is 6.33. The number of anilines is 1. The first-order chi connectivity index (χ1) is 10.1. The van der Waals surface area contributed by atoms with Crippen LogP contribution < -0.4 is 15.2 Å². The zero-order valence-corrected chi connectivity index (χ0v) is 12.6. The van der Waals surface area contributed by atoms with Crippen LogP contribution in [-0.4, -0.2) is 6.79 Å². The molecule has 0 bridgehead atoms. The number of nitrogen functional groups attached to an aromatic ring is 1. The van der Waals surface area contributed by atoms with Gasteiger partial charge in [-0.2, -0.15) is 0 Å². The van der Waals surface area contributed by atoms with Crippen molar-refractivity contribution in [3.8, 4) is 11.5 Å². The zero-order chi connectivity index (χ0) is 14.8. The SMILES string of the molecule is Nc1cc2c(c(COc3ccc(Cl)c(Cl)c3)c1)OCOC2. The number of hydrogen-bond acceptors (Lipinski definition) is 4. The van der Waals surface area contributed by atoms with Gasteiger partial charge < -0.3 is 19.9 Å². The second kappa shape index (κ2) is 6.02. The summed E-state index contributed by atoms with van der Waals surface area (Å²) in [7, 11) is 0. The van der Waals surface area contributed by atoms with Gasteiger partial charge in [0.15, 0.2) is 6.79 Å². The third kappa shape index (κ3) is 3.18. The smallest absolute Gasteiger partial charge is 0.189 e. The Morgan fingerprint density at radius 2 is 2.00 bits per heavy atom. The highest BCUT2D eigenvalue weighted by atomic mass is 35.5. The van der Waals surface area contributed by atoms with Crippen LogP contribution >= 0.6 is 23.2 Å². The molecule has 2 N–H and O–H groups in total. The van der Waals surface area contributed by atoms with Gasteiger partial charge in [-0.25, -0.2) is 0 Å². The maximum atomic E-state index is 5.96. The van der Waals surface area contributed by atoms with Crippen molar-refractivity contribution in [2.24, 2.45) is 0 Å². The molecular formula is C15H13Cl2NO3. The van der Waals surface area contributed by atoms with Crippen LogP contribution in [0.1, 0.15) is 11.1 Å². The van der Waals surface area contributed by atoms with Gasteiger partial charge in [0, 0.05) is 22.9 Å². The maximum absolute atomic E-state index is 5.96. The second-order valence-corrected chi connectivity index (χ2v) is 5.46. The summed E-state index contributed by atoms with van der Waals surface area (Å²) >= 11 is 11.8. The molecule has 2 aromatic rings. The molecule has 1 aliphatic rings. The Morgan fingerprint density at radius 1 is 1.14 bits per heavy atom. The highest BCUT2D eigenvalue weighted by Gasteiger charge is 2.16. The number of halogens is 2. The average Bonchev–Trinajstić information content (AvgIpc) is 2.48. The van der Waals surface area contributed by atoms with Gasteiger partial charge in [0.05, 0.1) is 16.7 Å². The lowest BCUT2D eigenvalue weighted by atomic mass is 10.1. The van der Waals surface area contributed by atoms with Crippen LogP contribution in [0.25, 0.3) is 0 Å². The van der Waals surface area contributed by atoms with Crippen LogP contribution in [0.4, 0.5) is 5.69 Å². The normalized spacial score (nSPS) is 13.4. The first-order valence-corrected chi connectivity index (χ1v) is 7.09. The van der Waals surface area contributed by atoms with Gasteiger partial charge in [-0.3, -0.25) is 0 Å². The van der Waals surface area contributed by atoms with Gasteiger partial charge in [-0.15, -0.1) is 0 Å². The van der Waals surface area contributed by atoms with Crippen molar-refractivity contribution in [2.75, 3.05) is 12.5 Å². The third-order valence-electron chi connectivity index (χ3n) is 3.09. The molecule has 0 fully saturated rings. The highest BCUT2D eigenvalue weighted by Crippen LogP contribution is 2.32. The molecule has 0 spiro atoms. The summed E-state index contributed by atoms with van der Waals surface area (Å²) in [5.74, 6) is 1.41. The molecule has 0 aromatic heterocycles. The monoisotopic (exact) mass is 325 g/mol. The molecule has 0 amide bonds. The van der Waals surface area contributed by atoms with E-state index in [0.29, 0.717) is 34.7 Å². The van der Waals surface area contributed by atoms with Crippen LogP contribution in [0.2, 0.25) is 10.0 Å².